The number of aryl methyl sites for hydroxylation is 2. The molecule has 0 aliphatic carbocycles. The summed E-state index contributed by atoms with van der Waals surface area (Å²) in [6, 6.07) is 17.0. The van der Waals surface area contributed by atoms with E-state index in [2.05, 4.69) is 89.1 Å². The van der Waals surface area contributed by atoms with Gasteiger partial charge in [0.1, 0.15) is 0 Å². The fourth-order valence-electron chi connectivity index (χ4n) is 6.11. The molecular weight excluding hydrogens is 434 g/mol. The lowest BCUT2D eigenvalue weighted by atomic mass is 9.96. The molecule has 1 atom stereocenters. The van der Waals surface area contributed by atoms with E-state index in [0.29, 0.717) is 12.5 Å². The molecule has 2 aromatic heterocycles. The summed E-state index contributed by atoms with van der Waals surface area (Å²) in [7, 11) is 4.34. The molecule has 6 nitrogen and oxygen atoms in total. The SMILES string of the molecule is CN(C)CC1CCCn2cc(c3ccccc32)C2=C(CN(N)C2=O)c2cn(c3ccccc23)CC1. The van der Waals surface area contributed by atoms with Crippen molar-refractivity contribution in [2.24, 2.45) is 11.8 Å². The van der Waals surface area contributed by atoms with Crippen molar-refractivity contribution in [1.29, 1.82) is 0 Å². The Kier molecular flexibility index (Phi) is 5.50. The second kappa shape index (κ2) is 8.70. The van der Waals surface area contributed by atoms with Gasteiger partial charge in [-0.2, -0.15) is 0 Å². The Labute approximate surface area is 206 Å². The number of amides is 1. The number of nitrogens with two attached hydrogens (primary N) is 1. The Hall–Kier alpha value is -3.35. The van der Waals surface area contributed by atoms with Crippen LogP contribution in [0.2, 0.25) is 0 Å². The van der Waals surface area contributed by atoms with Crippen molar-refractivity contribution in [2.45, 2.75) is 32.4 Å². The Morgan fingerprint density at radius 3 is 2.23 bits per heavy atom. The van der Waals surface area contributed by atoms with Gasteiger partial charge in [0, 0.05) is 65.0 Å². The zero-order valence-corrected chi connectivity index (χ0v) is 20.6. The Morgan fingerprint density at radius 1 is 0.886 bits per heavy atom. The van der Waals surface area contributed by atoms with Crippen LogP contribution in [-0.2, 0) is 17.9 Å². The maximum Gasteiger partial charge on any atom is 0.269 e. The van der Waals surface area contributed by atoms with Crippen molar-refractivity contribution < 1.29 is 4.79 Å². The molecule has 4 aromatic rings. The first-order valence-electron chi connectivity index (χ1n) is 12.6. The van der Waals surface area contributed by atoms with Crippen LogP contribution in [0.3, 0.4) is 0 Å². The van der Waals surface area contributed by atoms with E-state index in [-0.39, 0.29) is 5.91 Å². The Bertz CT molecular complexity index is 1460. The molecule has 1 unspecified atom stereocenters. The van der Waals surface area contributed by atoms with Crippen LogP contribution in [0.5, 0.6) is 0 Å². The molecule has 4 bridgehead atoms. The lowest BCUT2D eigenvalue weighted by Gasteiger charge is -2.22. The second-order valence-corrected chi connectivity index (χ2v) is 10.4. The third-order valence-corrected chi connectivity index (χ3v) is 7.69. The number of para-hydroxylation sites is 2. The van der Waals surface area contributed by atoms with Crippen molar-refractivity contribution in [3.05, 3.63) is 72.1 Å². The van der Waals surface area contributed by atoms with Crippen molar-refractivity contribution in [3.8, 4) is 0 Å². The fourth-order valence-corrected chi connectivity index (χ4v) is 6.11. The number of hydrogen-bond donors (Lipinski definition) is 1. The van der Waals surface area contributed by atoms with E-state index in [9.17, 15) is 4.79 Å². The van der Waals surface area contributed by atoms with Crippen LogP contribution >= 0.6 is 0 Å². The summed E-state index contributed by atoms with van der Waals surface area (Å²) < 4.78 is 4.72. The zero-order chi connectivity index (χ0) is 24.1. The maximum atomic E-state index is 13.4. The molecule has 0 radical (unpaired) electrons. The smallest absolute Gasteiger partial charge is 0.269 e. The number of hydrogen-bond acceptors (Lipinski definition) is 3. The second-order valence-electron chi connectivity index (χ2n) is 10.4. The summed E-state index contributed by atoms with van der Waals surface area (Å²) in [6.07, 6.45) is 7.85. The number of rotatable bonds is 2. The van der Waals surface area contributed by atoms with Gasteiger partial charge >= 0.3 is 0 Å². The third-order valence-electron chi connectivity index (χ3n) is 7.69. The van der Waals surface area contributed by atoms with Crippen LogP contribution in [0, 0.1) is 5.92 Å². The zero-order valence-electron chi connectivity index (χ0n) is 20.6. The van der Waals surface area contributed by atoms with E-state index in [4.69, 9.17) is 5.84 Å². The number of carbonyl (C=O) groups excluding carboxylic acids is 1. The highest BCUT2D eigenvalue weighted by Gasteiger charge is 2.33. The first-order chi connectivity index (χ1) is 17.0. The molecule has 6 heteroatoms. The standard InChI is InChI=1S/C29H33N5O/c1-31(2)16-20-8-7-14-32-18-24(22-10-4-6-12-27(22)32)28-25(19-34(30)29(28)35)23-17-33(15-13-20)26-11-5-3-9-21(23)26/h3-6,9-12,17-18,20H,7-8,13-16,19,30H2,1-2H3. The number of aromatic nitrogens is 2. The van der Waals surface area contributed by atoms with Gasteiger partial charge in [-0.1, -0.05) is 36.4 Å². The summed E-state index contributed by atoms with van der Waals surface area (Å²) in [6.45, 7) is 3.43. The van der Waals surface area contributed by atoms with E-state index in [1.807, 2.05) is 0 Å². The number of fused-ring (bicyclic) bond motifs is 12. The minimum atomic E-state index is -0.0992. The molecule has 1 amide bonds. The third kappa shape index (κ3) is 3.77. The van der Waals surface area contributed by atoms with Gasteiger partial charge in [0.05, 0.1) is 12.1 Å². The first kappa shape index (κ1) is 22.1. The van der Waals surface area contributed by atoms with Crippen LogP contribution in [0.25, 0.3) is 33.0 Å². The normalized spacial score (nSPS) is 19.1. The molecular formula is C29H33N5O. The van der Waals surface area contributed by atoms with Crippen LogP contribution in [0.1, 0.15) is 30.4 Å². The summed E-state index contributed by atoms with van der Waals surface area (Å²) in [4.78, 5) is 15.8. The van der Waals surface area contributed by atoms with Gasteiger partial charge < -0.3 is 14.0 Å². The number of benzene rings is 2. The molecule has 0 fully saturated rings. The largest absolute Gasteiger partial charge is 0.347 e. The Balaban J connectivity index is 1.60. The van der Waals surface area contributed by atoms with Gasteiger partial charge in [-0.15, -0.1) is 0 Å². The van der Waals surface area contributed by atoms with Crippen LogP contribution in [0.15, 0.2) is 60.9 Å². The summed E-state index contributed by atoms with van der Waals surface area (Å²) >= 11 is 0. The van der Waals surface area contributed by atoms with Crippen molar-refractivity contribution >= 4 is 38.9 Å². The highest BCUT2D eigenvalue weighted by atomic mass is 16.2. The molecule has 35 heavy (non-hydrogen) atoms. The van der Waals surface area contributed by atoms with Crippen molar-refractivity contribution in [1.82, 2.24) is 19.0 Å². The quantitative estimate of drug-likeness (QED) is 0.347. The number of carbonyl (C=O) groups is 1. The van der Waals surface area contributed by atoms with E-state index in [1.54, 1.807) is 0 Å². The monoisotopic (exact) mass is 467 g/mol. The van der Waals surface area contributed by atoms with Crippen LogP contribution in [0.4, 0.5) is 0 Å². The van der Waals surface area contributed by atoms with Gasteiger partial charge in [0.2, 0.25) is 0 Å². The van der Waals surface area contributed by atoms with Crippen molar-refractivity contribution in [2.75, 3.05) is 27.2 Å². The van der Waals surface area contributed by atoms with Gasteiger partial charge in [-0.25, -0.2) is 5.84 Å². The topological polar surface area (TPSA) is 59.4 Å². The van der Waals surface area contributed by atoms with E-state index < -0.39 is 0 Å². The molecule has 0 spiro atoms. The van der Waals surface area contributed by atoms with Gasteiger partial charge in [-0.05, 0) is 57.0 Å². The molecule has 2 aliphatic rings. The minimum Gasteiger partial charge on any atom is -0.347 e. The fraction of sp³-hybridized carbons (Fsp3) is 0.345. The molecule has 2 aromatic carbocycles. The average molecular weight is 468 g/mol. The highest BCUT2D eigenvalue weighted by molar-refractivity contribution is 6.33. The molecule has 0 saturated heterocycles. The van der Waals surface area contributed by atoms with Crippen molar-refractivity contribution in [3.63, 3.8) is 0 Å². The molecule has 180 valence electrons. The predicted octanol–water partition coefficient (Wildman–Crippen LogP) is 4.58. The van der Waals surface area contributed by atoms with Gasteiger partial charge in [-0.3, -0.25) is 9.80 Å². The maximum absolute atomic E-state index is 13.4. The highest BCUT2D eigenvalue weighted by Crippen LogP contribution is 2.40. The molecule has 6 rings (SSSR count). The number of nitrogens with zero attached hydrogens (tertiary/aromatic N) is 4. The average Bonchev–Trinajstić information content (AvgIpc) is 3.48. The van der Waals surface area contributed by atoms with E-state index in [0.717, 1.165) is 60.1 Å². The summed E-state index contributed by atoms with van der Waals surface area (Å²) in [5.74, 6) is 6.78. The van der Waals surface area contributed by atoms with Crippen LogP contribution < -0.4 is 5.84 Å². The minimum absolute atomic E-state index is 0.0992. The van der Waals surface area contributed by atoms with Gasteiger partial charge in [0.15, 0.2) is 0 Å². The molecule has 0 saturated carbocycles. The van der Waals surface area contributed by atoms with E-state index in [1.165, 1.54) is 27.8 Å². The summed E-state index contributed by atoms with van der Waals surface area (Å²) in [5.41, 5.74) is 6.28. The van der Waals surface area contributed by atoms with Gasteiger partial charge in [0.25, 0.3) is 5.91 Å². The van der Waals surface area contributed by atoms with E-state index >= 15 is 0 Å². The van der Waals surface area contributed by atoms with Crippen LogP contribution in [-0.4, -0.2) is 52.1 Å². The lowest BCUT2D eigenvalue weighted by molar-refractivity contribution is -0.123. The predicted molar refractivity (Wildman–Crippen MR) is 142 cm³/mol. The molecule has 2 aliphatic heterocycles. The Morgan fingerprint density at radius 2 is 1.51 bits per heavy atom. The first-order valence-corrected chi connectivity index (χ1v) is 12.6. The lowest BCUT2D eigenvalue weighted by Crippen LogP contribution is -2.33. The number of hydrazine groups is 1. The molecule has 2 N–H and O–H groups in total. The molecule has 4 heterocycles. The summed E-state index contributed by atoms with van der Waals surface area (Å²) in [5, 5.41) is 3.67.